The number of carboxylic acid groups (broad SMARTS) is 1. The molecule has 0 aliphatic carbocycles. The lowest BCUT2D eigenvalue weighted by atomic mass is 10.1. The number of benzene rings is 1. The van der Waals surface area contributed by atoms with Crippen molar-refractivity contribution in [3.05, 3.63) is 23.8 Å². The first-order valence-electron chi connectivity index (χ1n) is 6.44. The van der Waals surface area contributed by atoms with Crippen molar-refractivity contribution >= 4 is 17.7 Å². The van der Waals surface area contributed by atoms with Crippen LogP contribution in [0.15, 0.2) is 18.2 Å². The molecule has 2 amide bonds. The second-order valence-corrected chi connectivity index (χ2v) is 4.57. The van der Waals surface area contributed by atoms with E-state index >= 15 is 0 Å². The summed E-state index contributed by atoms with van der Waals surface area (Å²) in [7, 11) is 1.45. The summed E-state index contributed by atoms with van der Waals surface area (Å²) in [6, 6.07) is 4.05. The first-order chi connectivity index (χ1) is 9.47. The maximum Gasteiger partial charge on any atom is 0.337 e. The maximum absolute atomic E-state index is 11.7. The molecule has 1 rings (SSSR count). The van der Waals surface area contributed by atoms with Crippen LogP contribution >= 0.6 is 0 Å². The van der Waals surface area contributed by atoms with Gasteiger partial charge in [-0.05, 0) is 24.1 Å². The van der Waals surface area contributed by atoms with Crippen LogP contribution in [0.5, 0.6) is 5.75 Å². The highest BCUT2D eigenvalue weighted by atomic mass is 16.5. The predicted octanol–water partition coefficient (Wildman–Crippen LogP) is 2.56. The van der Waals surface area contributed by atoms with Gasteiger partial charge < -0.3 is 20.5 Å². The minimum absolute atomic E-state index is 0.0111. The van der Waals surface area contributed by atoms with Crippen LogP contribution in [0, 0.1) is 5.92 Å². The second kappa shape index (κ2) is 7.37. The Balaban J connectivity index is 2.76. The number of ether oxygens (including phenoxy) is 1. The Hall–Kier alpha value is -2.24. The molecule has 3 N–H and O–H groups in total. The fourth-order valence-corrected chi connectivity index (χ4v) is 1.51. The van der Waals surface area contributed by atoms with E-state index in [1.807, 2.05) is 13.8 Å². The number of amides is 2. The lowest BCUT2D eigenvalue weighted by Crippen LogP contribution is -2.32. The molecule has 0 saturated heterocycles. The minimum atomic E-state index is -1.12. The Kier molecular flexibility index (Phi) is 5.83. The molecule has 0 spiro atoms. The van der Waals surface area contributed by atoms with E-state index in [4.69, 9.17) is 9.84 Å². The van der Waals surface area contributed by atoms with E-state index in [0.29, 0.717) is 18.2 Å². The highest BCUT2D eigenvalue weighted by molar-refractivity contribution is 6.00. The van der Waals surface area contributed by atoms with Crippen LogP contribution in [0.2, 0.25) is 0 Å². The van der Waals surface area contributed by atoms with Gasteiger partial charge in [-0.25, -0.2) is 9.59 Å². The van der Waals surface area contributed by atoms with Crippen LogP contribution in [-0.2, 0) is 0 Å². The van der Waals surface area contributed by atoms with Crippen LogP contribution in [0.25, 0.3) is 0 Å². The van der Waals surface area contributed by atoms with Crippen LogP contribution in [0.1, 0.15) is 30.6 Å². The van der Waals surface area contributed by atoms with Crippen molar-refractivity contribution in [1.29, 1.82) is 0 Å². The Morgan fingerprint density at radius 1 is 1.40 bits per heavy atom. The molecular formula is C14H20N2O4. The molecule has 0 bridgehead atoms. The van der Waals surface area contributed by atoms with Crippen LogP contribution in [-0.4, -0.2) is 30.8 Å². The molecular weight excluding hydrogens is 260 g/mol. The minimum Gasteiger partial charge on any atom is -0.497 e. The number of carbonyl (C=O) groups excluding carboxylic acids is 1. The van der Waals surface area contributed by atoms with Gasteiger partial charge in [0.25, 0.3) is 0 Å². The number of hydrogen-bond acceptors (Lipinski definition) is 3. The number of methoxy groups -OCH3 is 1. The molecule has 110 valence electrons. The zero-order valence-electron chi connectivity index (χ0n) is 11.9. The van der Waals surface area contributed by atoms with Gasteiger partial charge in [0, 0.05) is 6.54 Å². The Morgan fingerprint density at radius 2 is 2.10 bits per heavy atom. The molecule has 6 nitrogen and oxygen atoms in total. The van der Waals surface area contributed by atoms with Crippen molar-refractivity contribution in [2.24, 2.45) is 5.92 Å². The molecule has 20 heavy (non-hydrogen) atoms. The smallest absolute Gasteiger partial charge is 0.337 e. The third-order valence-corrected chi connectivity index (χ3v) is 3.01. The number of aromatic carboxylic acids is 1. The average molecular weight is 280 g/mol. The molecule has 1 aromatic carbocycles. The number of nitrogens with one attached hydrogen (secondary N) is 2. The molecule has 0 aromatic heterocycles. The van der Waals surface area contributed by atoms with Crippen molar-refractivity contribution in [3.63, 3.8) is 0 Å². The van der Waals surface area contributed by atoms with Crippen molar-refractivity contribution in [2.45, 2.75) is 20.3 Å². The van der Waals surface area contributed by atoms with Gasteiger partial charge >= 0.3 is 12.0 Å². The van der Waals surface area contributed by atoms with Crippen molar-refractivity contribution in [1.82, 2.24) is 5.32 Å². The van der Waals surface area contributed by atoms with Crippen LogP contribution in [0.4, 0.5) is 10.5 Å². The molecule has 0 aliphatic heterocycles. The van der Waals surface area contributed by atoms with Gasteiger partial charge in [0.05, 0.1) is 18.4 Å². The van der Waals surface area contributed by atoms with Gasteiger partial charge in [-0.1, -0.05) is 20.3 Å². The highest BCUT2D eigenvalue weighted by Crippen LogP contribution is 2.22. The molecule has 0 aliphatic rings. The van der Waals surface area contributed by atoms with Crippen LogP contribution < -0.4 is 15.4 Å². The normalized spacial score (nSPS) is 11.6. The third-order valence-electron chi connectivity index (χ3n) is 3.01. The summed E-state index contributed by atoms with van der Waals surface area (Å²) in [5.41, 5.74) is 0.225. The first kappa shape index (κ1) is 15.8. The Bertz CT molecular complexity index is 488. The van der Waals surface area contributed by atoms with E-state index in [-0.39, 0.29) is 11.3 Å². The zero-order chi connectivity index (χ0) is 15.1. The van der Waals surface area contributed by atoms with E-state index < -0.39 is 12.0 Å². The molecule has 1 unspecified atom stereocenters. The summed E-state index contributed by atoms with van der Waals surface area (Å²) in [6.07, 6.45) is 0.961. The SMILES string of the molecule is CCC(C)CNC(=O)Nc1ccc(OC)cc1C(=O)O. The van der Waals surface area contributed by atoms with Gasteiger partial charge in [0.1, 0.15) is 5.75 Å². The molecule has 6 heteroatoms. The Labute approximate surface area is 118 Å². The summed E-state index contributed by atoms with van der Waals surface area (Å²) in [4.78, 5) is 22.9. The quantitative estimate of drug-likeness (QED) is 0.747. The number of rotatable bonds is 6. The lowest BCUT2D eigenvalue weighted by Gasteiger charge is -2.13. The number of carbonyl (C=O) groups is 2. The van der Waals surface area contributed by atoms with Crippen LogP contribution in [0.3, 0.4) is 0 Å². The fourth-order valence-electron chi connectivity index (χ4n) is 1.51. The van der Waals surface area contributed by atoms with Crippen molar-refractivity contribution in [3.8, 4) is 5.75 Å². The fraction of sp³-hybridized carbons (Fsp3) is 0.429. The average Bonchev–Trinajstić information content (AvgIpc) is 2.44. The topological polar surface area (TPSA) is 87.7 Å². The summed E-state index contributed by atoms with van der Waals surface area (Å²) in [5.74, 6) is -0.329. The zero-order valence-corrected chi connectivity index (χ0v) is 11.9. The molecule has 0 fully saturated rings. The number of anilines is 1. The molecule has 1 atom stereocenters. The van der Waals surface area contributed by atoms with E-state index in [2.05, 4.69) is 10.6 Å². The van der Waals surface area contributed by atoms with E-state index in [1.54, 1.807) is 6.07 Å². The van der Waals surface area contributed by atoms with Gasteiger partial charge in [-0.3, -0.25) is 0 Å². The molecule has 1 aromatic rings. The molecule has 0 heterocycles. The highest BCUT2D eigenvalue weighted by Gasteiger charge is 2.14. The standard InChI is InChI=1S/C14H20N2O4/c1-4-9(2)8-15-14(19)16-12-6-5-10(20-3)7-11(12)13(17)18/h5-7,9H,4,8H2,1-3H3,(H,17,18)(H2,15,16,19). The Morgan fingerprint density at radius 3 is 2.65 bits per heavy atom. The second-order valence-electron chi connectivity index (χ2n) is 4.57. The van der Waals surface area contributed by atoms with E-state index in [0.717, 1.165) is 6.42 Å². The van der Waals surface area contributed by atoms with Crippen molar-refractivity contribution in [2.75, 3.05) is 19.0 Å². The van der Waals surface area contributed by atoms with Gasteiger partial charge in [0.2, 0.25) is 0 Å². The third kappa shape index (κ3) is 4.46. The maximum atomic E-state index is 11.7. The summed E-state index contributed by atoms with van der Waals surface area (Å²) in [5, 5.41) is 14.4. The van der Waals surface area contributed by atoms with E-state index in [9.17, 15) is 9.59 Å². The largest absolute Gasteiger partial charge is 0.497 e. The summed E-state index contributed by atoms with van der Waals surface area (Å²) >= 11 is 0. The van der Waals surface area contributed by atoms with Gasteiger partial charge in [-0.15, -0.1) is 0 Å². The monoisotopic (exact) mass is 280 g/mol. The molecule has 0 saturated carbocycles. The number of urea groups is 1. The molecule has 0 radical (unpaired) electrons. The number of hydrogen-bond donors (Lipinski definition) is 3. The first-order valence-corrected chi connectivity index (χ1v) is 6.44. The number of carboxylic acids is 1. The summed E-state index contributed by atoms with van der Waals surface area (Å²) < 4.78 is 4.97. The van der Waals surface area contributed by atoms with Crippen molar-refractivity contribution < 1.29 is 19.4 Å². The summed E-state index contributed by atoms with van der Waals surface area (Å²) in [6.45, 7) is 4.60. The van der Waals surface area contributed by atoms with E-state index in [1.165, 1.54) is 19.2 Å². The predicted molar refractivity (Wildman–Crippen MR) is 76.4 cm³/mol. The van der Waals surface area contributed by atoms with Gasteiger partial charge in [0.15, 0.2) is 0 Å². The van der Waals surface area contributed by atoms with Gasteiger partial charge in [-0.2, -0.15) is 0 Å². The lowest BCUT2D eigenvalue weighted by molar-refractivity contribution is 0.0697.